The molecule has 9 heavy (non-hydrogen) atoms. The minimum Gasteiger partial charge on any atom is -0.265 e. The van der Waals surface area contributed by atoms with Crippen molar-refractivity contribution >= 4 is 5.87 Å². The summed E-state index contributed by atoms with van der Waals surface area (Å²) in [5, 5.41) is 5.85. The maximum absolute atomic E-state index is 5.85. The monoisotopic (exact) mass is 120 g/mol. The van der Waals surface area contributed by atoms with Gasteiger partial charge in [-0.1, -0.05) is 6.07 Å². The van der Waals surface area contributed by atoms with E-state index in [1.165, 1.54) is 0 Å². The Bertz CT molecular complexity index is 137. The van der Waals surface area contributed by atoms with Crippen molar-refractivity contribution in [3.8, 4) is 0 Å². The van der Waals surface area contributed by atoms with Crippen LogP contribution in [0.1, 0.15) is 0 Å². The largest absolute Gasteiger partial charge is 0.265 e. The molecule has 2 nitrogen and oxygen atoms in total. The molecule has 0 spiro atoms. The molecule has 0 fully saturated rings. The smallest absolute Gasteiger partial charge is 0.0267 e. The summed E-state index contributed by atoms with van der Waals surface area (Å²) in [6.45, 7) is 2.90. The van der Waals surface area contributed by atoms with E-state index < -0.39 is 0 Å². The molecular formula is C7H8N2. The van der Waals surface area contributed by atoms with Gasteiger partial charge >= 0.3 is 0 Å². The highest BCUT2D eigenvalue weighted by atomic mass is 14.6. The molecule has 0 radical (unpaired) electrons. The normalized spacial score (nSPS) is 6.22. The molecule has 1 aromatic rings. The second-order valence-electron chi connectivity index (χ2n) is 1.20. The lowest BCUT2D eigenvalue weighted by atomic mass is 10.5. The molecule has 0 unspecified atom stereocenters. The molecule has 2 heteroatoms. The van der Waals surface area contributed by atoms with Gasteiger partial charge in [-0.15, -0.1) is 0 Å². The summed E-state index contributed by atoms with van der Waals surface area (Å²) in [4.78, 5) is 3.78. The highest BCUT2D eigenvalue weighted by Gasteiger charge is 1.58. The maximum Gasteiger partial charge on any atom is 0.0267 e. The van der Waals surface area contributed by atoms with Gasteiger partial charge in [0.1, 0.15) is 0 Å². The van der Waals surface area contributed by atoms with E-state index in [1.54, 1.807) is 18.3 Å². The minimum atomic E-state index is 1.75. The minimum absolute atomic E-state index is 1.75. The maximum atomic E-state index is 5.85. The second-order valence-corrected chi connectivity index (χ2v) is 1.20. The van der Waals surface area contributed by atoms with E-state index >= 15 is 0 Å². The third-order valence-corrected chi connectivity index (χ3v) is 0.566. The van der Waals surface area contributed by atoms with Crippen LogP contribution in [0.25, 0.3) is 0 Å². The summed E-state index contributed by atoms with van der Waals surface area (Å²) in [6.07, 6.45) is 3.50. The first-order valence-electron chi connectivity index (χ1n) is 2.45. The van der Waals surface area contributed by atoms with Crippen molar-refractivity contribution in [1.29, 1.82) is 5.41 Å². The number of hydrogen-bond acceptors (Lipinski definition) is 2. The summed E-state index contributed by atoms with van der Waals surface area (Å²) in [7, 11) is 0. The van der Waals surface area contributed by atoms with Crippen LogP contribution >= 0.6 is 0 Å². The van der Waals surface area contributed by atoms with Gasteiger partial charge in [-0.25, -0.2) is 0 Å². The molecule has 0 aromatic carbocycles. The highest BCUT2D eigenvalue weighted by molar-refractivity contribution is 5.41. The molecular weight excluding hydrogens is 112 g/mol. The van der Waals surface area contributed by atoms with Crippen LogP contribution in [0.2, 0.25) is 0 Å². The first kappa shape index (κ1) is 7.60. The molecule has 1 aromatic heterocycles. The Kier molecular flexibility index (Phi) is 5.57. The zero-order chi connectivity index (χ0) is 6.95. The zero-order valence-electron chi connectivity index (χ0n) is 5.04. The molecule has 0 aliphatic heterocycles. The van der Waals surface area contributed by atoms with Gasteiger partial charge in [0.05, 0.1) is 0 Å². The lowest BCUT2D eigenvalue weighted by molar-refractivity contribution is 1.33. The molecule has 46 valence electrons. The molecule has 0 saturated carbocycles. The Labute approximate surface area is 54.4 Å². The van der Waals surface area contributed by atoms with Gasteiger partial charge in [-0.3, -0.25) is 10.4 Å². The van der Waals surface area contributed by atoms with E-state index in [-0.39, 0.29) is 0 Å². The van der Waals surface area contributed by atoms with E-state index in [0.717, 1.165) is 0 Å². The van der Waals surface area contributed by atoms with E-state index in [0.29, 0.717) is 0 Å². The number of rotatable bonds is 0. The fraction of sp³-hybridized carbons (Fsp3) is 0. The average Bonchev–Trinajstić information content (AvgIpc) is 1.93. The topological polar surface area (TPSA) is 36.7 Å². The van der Waals surface area contributed by atoms with Crippen LogP contribution in [0, 0.1) is 5.41 Å². The Morgan fingerprint density at radius 2 is 1.67 bits per heavy atom. The van der Waals surface area contributed by atoms with Gasteiger partial charge in [0.2, 0.25) is 0 Å². The van der Waals surface area contributed by atoms with E-state index in [1.807, 2.05) is 18.2 Å². The number of pyridine rings is 1. The van der Waals surface area contributed by atoms with Crippen LogP contribution < -0.4 is 0 Å². The quantitative estimate of drug-likeness (QED) is 0.517. The number of hydrogen-bond donors (Lipinski definition) is 1. The predicted octanol–water partition coefficient (Wildman–Crippen LogP) is 1.50. The third-order valence-electron chi connectivity index (χ3n) is 0.566. The SMILES string of the molecule is C=C=N.c1ccncc1. The third kappa shape index (κ3) is 6.60. The molecule has 1 rings (SSSR count). The molecule has 0 amide bonds. The van der Waals surface area contributed by atoms with Crippen LogP contribution in [-0.2, 0) is 0 Å². The molecule has 0 bridgehead atoms. The molecule has 0 atom stereocenters. The standard InChI is InChI=1S/C5H5N.C2H3N/c1-2-4-6-5-3-1;1-2-3/h1-5H;3H,1H2. The van der Waals surface area contributed by atoms with Crippen molar-refractivity contribution in [1.82, 2.24) is 4.98 Å². The van der Waals surface area contributed by atoms with E-state index in [4.69, 9.17) is 5.41 Å². The van der Waals surface area contributed by atoms with Crippen molar-refractivity contribution < 1.29 is 0 Å². The first-order valence-corrected chi connectivity index (χ1v) is 2.45. The van der Waals surface area contributed by atoms with Crippen LogP contribution in [0.3, 0.4) is 0 Å². The van der Waals surface area contributed by atoms with Crippen molar-refractivity contribution in [3.05, 3.63) is 37.2 Å². The predicted molar refractivity (Wildman–Crippen MR) is 37.6 cm³/mol. The van der Waals surface area contributed by atoms with Crippen molar-refractivity contribution in [2.45, 2.75) is 0 Å². The summed E-state index contributed by atoms with van der Waals surface area (Å²) < 4.78 is 0. The van der Waals surface area contributed by atoms with Gasteiger partial charge in [-0.05, 0) is 24.6 Å². The van der Waals surface area contributed by atoms with Crippen LogP contribution in [-0.4, -0.2) is 10.9 Å². The summed E-state index contributed by atoms with van der Waals surface area (Å²) in [5.41, 5.74) is 0. The van der Waals surface area contributed by atoms with Gasteiger partial charge < -0.3 is 0 Å². The Hall–Kier alpha value is -1.40. The second kappa shape index (κ2) is 6.60. The van der Waals surface area contributed by atoms with Gasteiger partial charge in [0.15, 0.2) is 0 Å². The molecule has 1 heterocycles. The summed E-state index contributed by atoms with van der Waals surface area (Å²) in [6, 6.07) is 5.72. The Morgan fingerprint density at radius 3 is 1.78 bits per heavy atom. The molecule has 1 N–H and O–H groups in total. The van der Waals surface area contributed by atoms with Crippen molar-refractivity contribution in [2.75, 3.05) is 0 Å². The first-order chi connectivity index (χ1) is 4.41. The van der Waals surface area contributed by atoms with Crippen LogP contribution in [0.5, 0.6) is 0 Å². The van der Waals surface area contributed by atoms with Crippen molar-refractivity contribution in [2.24, 2.45) is 0 Å². The fourth-order valence-corrected chi connectivity index (χ4v) is 0.313. The molecule has 0 saturated heterocycles. The van der Waals surface area contributed by atoms with E-state index in [2.05, 4.69) is 11.6 Å². The Balaban J connectivity index is 0.000000187. The van der Waals surface area contributed by atoms with E-state index in [9.17, 15) is 0 Å². The van der Waals surface area contributed by atoms with Crippen LogP contribution in [0.4, 0.5) is 0 Å². The highest BCUT2D eigenvalue weighted by Crippen LogP contribution is 1.73. The number of nitrogens with zero attached hydrogens (tertiary/aromatic N) is 1. The lowest BCUT2D eigenvalue weighted by Crippen LogP contribution is -1.58. The number of nitrogens with one attached hydrogen (secondary N) is 1. The molecule has 0 aliphatic carbocycles. The average molecular weight is 120 g/mol. The van der Waals surface area contributed by atoms with Gasteiger partial charge in [0.25, 0.3) is 0 Å². The Morgan fingerprint density at radius 1 is 1.22 bits per heavy atom. The van der Waals surface area contributed by atoms with Crippen LogP contribution in [0.15, 0.2) is 37.2 Å². The lowest BCUT2D eigenvalue weighted by Gasteiger charge is -1.70. The fourth-order valence-electron chi connectivity index (χ4n) is 0.313. The summed E-state index contributed by atoms with van der Waals surface area (Å²) >= 11 is 0. The molecule has 0 aliphatic rings. The summed E-state index contributed by atoms with van der Waals surface area (Å²) in [5.74, 6) is 1.75. The number of aromatic nitrogens is 1. The van der Waals surface area contributed by atoms with Gasteiger partial charge in [0, 0.05) is 12.4 Å². The zero-order valence-corrected chi connectivity index (χ0v) is 5.04. The van der Waals surface area contributed by atoms with Crippen molar-refractivity contribution in [3.63, 3.8) is 0 Å². The van der Waals surface area contributed by atoms with Gasteiger partial charge in [-0.2, -0.15) is 0 Å².